The van der Waals surface area contributed by atoms with Crippen molar-refractivity contribution in [2.24, 2.45) is 5.92 Å². The third kappa shape index (κ3) is 4.76. The number of hydrogen-bond acceptors (Lipinski definition) is 4. The number of amides is 1. The molecule has 0 saturated carbocycles. The zero-order valence-corrected chi connectivity index (χ0v) is 14.5. The number of piperidine rings is 1. The highest BCUT2D eigenvalue weighted by atomic mass is 32.2. The monoisotopic (exact) mass is 343 g/mol. The lowest BCUT2D eigenvalue weighted by molar-refractivity contribution is -0.126. The van der Waals surface area contributed by atoms with Gasteiger partial charge in [0.1, 0.15) is 0 Å². The molecule has 1 atom stereocenters. The van der Waals surface area contributed by atoms with E-state index in [-0.39, 0.29) is 18.4 Å². The first-order valence-electron chi connectivity index (χ1n) is 7.82. The molecule has 0 aliphatic carbocycles. The molecule has 0 bridgehead atoms. The van der Waals surface area contributed by atoms with E-state index in [4.69, 9.17) is 0 Å². The Morgan fingerprint density at radius 3 is 2.87 bits per heavy atom. The highest BCUT2D eigenvalue weighted by Crippen LogP contribution is 2.20. The first-order valence-corrected chi connectivity index (χ1v) is 9.22. The van der Waals surface area contributed by atoms with Crippen molar-refractivity contribution in [1.29, 1.82) is 0 Å². The van der Waals surface area contributed by atoms with E-state index in [0.717, 1.165) is 19.4 Å². The van der Waals surface area contributed by atoms with Crippen molar-refractivity contribution in [3.63, 3.8) is 0 Å². The van der Waals surface area contributed by atoms with E-state index >= 15 is 0 Å². The third-order valence-electron chi connectivity index (χ3n) is 3.99. The number of rotatable bonds is 7. The molecule has 1 amide bonds. The van der Waals surface area contributed by atoms with Crippen LogP contribution in [0.1, 0.15) is 19.3 Å². The Bertz CT molecular complexity index is 600. The molecule has 1 aromatic heterocycles. The van der Waals surface area contributed by atoms with Crippen LogP contribution in [0.3, 0.4) is 0 Å². The van der Waals surface area contributed by atoms with Gasteiger partial charge >= 0.3 is 0 Å². The maximum absolute atomic E-state index is 12.2. The minimum atomic E-state index is -3.44. The van der Waals surface area contributed by atoms with Crippen LogP contribution in [-0.4, -0.2) is 66.2 Å². The molecule has 1 unspecified atom stereocenters. The van der Waals surface area contributed by atoms with Gasteiger partial charge in [-0.1, -0.05) is 0 Å². The average Bonchev–Trinajstić information content (AvgIpc) is 3.04. The number of carbonyl (C=O) groups is 1. The zero-order valence-electron chi connectivity index (χ0n) is 13.7. The van der Waals surface area contributed by atoms with E-state index in [1.54, 1.807) is 12.5 Å². The third-order valence-corrected chi connectivity index (χ3v) is 5.90. The first kappa shape index (κ1) is 17.9. The molecule has 0 aromatic carbocycles. The predicted octanol–water partition coefficient (Wildman–Crippen LogP) is -0.0922. The smallest absolute Gasteiger partial charge is 0.281 e. The Morgan fingerprint density at radius 2 is 2.22 bits per heavy atom. The maximum Gasteiger partial charge on any atom is 0.281 e. The molecular formula is C14H25N5O3S. The standard InChI is InChI=1S/C14H25N5O3S/c1-17(2)23(21,22)19-9-3-5-13(11-19)14(20)16-6-4-8-18-10-7-15-12-18/h7,10,12-13H,3-6,8-9,11H2,1-2H3,(H,16,20). The van der Waals surface area contributed by atoms with Gasteiger partial charge in [0.15, 0.2) is 0 Å². The van der Waals surface area contributed by atoms with Crippen molar-refractivity contribution in [3.8, 4) is 0 Å². The molecular weight excluding hydrogens is 318 g/mol. The van der Waals surface area contributed by atoms with Crippen molar-refractivity contribution < 1.29 is 13.2 Å². The van der Waals surface area contributed by atoms with Gasteiger partial charge in [-0.25, -0.2) is 4.98 Å². The van der Waals surface area contributed by atoms with Crippen LogP contribution in [0, 0.1) is 5.92 Å². The molecule has 1 aromatic rings. The topological polar surface area (TPSA) is 87.5 Å². The number of aryl methyl sites for hydroxylation is 1. The van der Waals surface area contributed by atoms with E-state index in [2.05, 4.69) is 10.3 Å². The Morgan fingerprint density at radius 1 is 1.43 bits per heavy atom. The summed E-state index contributed by atoms with van der Waals surface area (Å²) in [5.74, 6) is -0.332. The van der Waals surface area contributed by atoms with Crippen LogP contribution in [0.5, 0.6) is 0 Å². The highest BCUT2D eigenvalue weighted by Gasteiger charge is 2.33. The van der Waals surface area contributed by atoms with Crippen molar-refractivity contribution >= 4 is 16.1 Å². The van der Waals surface area contributed by atoms with Gasteiger partial charge < -0.3 is 9.88 Å². The van der Waals surface area contributed by atoms with E-state index in [1.807, 2.05) is 10.8 Å². The lowest BCUT2D eigenvalue weighted by atomic mass is 9.99. The molecule has 23 heavy (non-hydrogen) atoms. The van der Waals surface area contributed by atoms with Gasteiger partial charge in [0.2, 0.25) is 5.91 Å². The molecule has 2 rings (SSSR count). The Balaban J connectivity index is 1.78. The second-order valence-electron chi connectivity index (χ2n) is 5.93. The van der Waals surface area contributed by atoms with Crippen molar-refractivity contribution in [1.82, 2.24) is 23.5 Å². The second kappa shape index (κ2) is 7.89. The molecule has 1 fully saturated rings. The number of nitrogens with one attached hydrogen (secondary N) is 1. The summed E-state index contributed by atoms with van der Waals surface area (Å²) in [6, 6.07) is 0. The van der Waals surface area contributed by atoms with E-state index in [9.17, 15) is 13.2 Å². The van der Waals surface area contributed by atoms with Gasteiger partial charge in [-0.15, -0.1) is 0 Å². The zero-order chi connectivity index (χ0) is 16.9. The number of imidazole rings is 1. The fourth-order valence-electron chi connectivity index (χ4n) is 2.63. The van der Waals surface area contributed by atoms with Crippen LogP contribution in [0.15, 0.2) is 18.7 Å². The van der Waals surface area contributed by atoms with Gasteiger partial charge in [-0.05, 0) is 19.3 Å². The van der Waals surface area contributed by atoms with Crippen LogP contribution in [0.2, 0.25) is 0 Å². The maximum atomic E-state index is 12.2. The van der Waals surface area contributed by atoms with E-state index < -0.39 is 10.2 Å². The van der Waals surface area contributed by atoms with Crippen molar-refractivity contribution in [2.45, 2.75) is 25.8 Å². The molecule has 1 aliphatic heterocycles. The van der Waals surface area contributed by atoms with Gasteiger partial charge in [-0.3, -0.25) is 4.79 Å². The fraction of sp³-hybridized carbons (Fsp3) is 0.714. The quantitative estimate of drug-likeness (QED) is 0.701. The Kier molecular flexibility index (Phi) is 6.14. The molecule has 130 valence electrons. The lowest BCUT2D eigenvalue weighted by Gasteiger charge is -2.32. The Labute approximate surface area is 137 Å². The molecule has 8 nitrogen and oxygen atoms in total. The van der Waals surface area contributed by atoms with Crippen molar-refractivity contribution in [2.75, 3.05) is 33.7 Å². The Hall–Kier alpha value is -1.45. The highest BCUT2D eigenvalue weighted by molar-refractivity contribution is 7.86. The summed E-state index contributed by atoms with van der Waals surface area (Å²) in [5, 5.41) is 2.91. The minimum absolute atomic E-state index is 0.0608. The van der Waals surface area contributed by atoms with Gasteiger partial charge in [-0.2, -0.15) is 17.0 Å². The van der Waals surface area contributed by atoms with Gasteiger partial charge in [0.05, 0.1) is 12.2 Å². The van der Waals surface area contributed by atoms with Crippen LogP contribution >= 0.6 is 0 Å². The molecule has 0 radical (unpaired) electrons. The summed E-state index contributed by atoms with van der Waals surface area (Å²) in [7, 11) is -0.427. The summed E-state index contributed by atoms with van der Waals surface area (Å²) in [4.78, 5) is 16.2. The molecule has 1 aliphatic rings. The number of hydrogen-bond donors (Lipinski definition) is 1. The normalized spacial score (nSPS) is 19.9. The summed E-state index contributed by atoms with van der Waals surface area (Å²) in [5.41, 5.74) is 0. The lowest BCUT2D eigenvalue weighted by Crippen LogP contribution is -2.48. The second-order valence-corrected chi connectivity index (χ2v) is 8.07. The largest absolute Gasteiger partial charge is 0.356 e. The first-order chi connectivity index (χ1) is 10.9. The minimum Gasteiger partial charge on any atom is -0.356 e. The van der Waals surface area contributed by atoms with Crippen LogP contribution in [-0.2, 0) is 21.5 Å². The van der Waals surface area contributed by atoms with Crippen LogP contribution < -0.4 is 5.32 Å². The predicted molar refractivity (Wildman–Crippen MR) is 86.8 cm³/mol. The molecule has 0 spiro atoms. The SMILES string of the molecule is CN(C)S(=O)(=O)N1CCCC(C(=O)NCCCn2ccnc2)C1. The average molecular weight is 343 g/mol. The van der Waals surface area contributed by atoms with Gasteiger partial charge in [0.25, 0.3) is 10.2 Å². The van der Waals surface area contributed by atoms with Crippen LogP contribution in [0.4, 0.5) is 0 Å². The molecule has 1 N–H and O–H groups in total. The number of nitrogens with zero attached hydrogens (tertiary/aromatic N) is 4. The van der Waals surface area contributed by atoms with Crippen molar-refractivity contribution in [3.05, 3.63) is 18.7 Å². The number of aromatic nitrogens is 2. The van der Waals surface area contributed by atoms with E-state index in [0.29, 0.717) is 19.5 Å². The molecule has 1 saturated heterocycles. The van der Waals surface area contributed by atoms with Crippen LogP contribution in [0.25, 0.3) is 0 Å². The summed E-state index contributed by atoms with van der Waals surface area (Å²) < 4.78 is 28.9. The van der Waals surface area contributed by atoms with Gasteiger partial charge in [0, 0.05) is 52.7 Å². The summed E-state index contributed by atoms with van der Waals surface area (Å²) in [6.45, 7) is 2.11. The molecule has 2 heterocycles. The summed E-state index contributed by atoms with van der Waals surface area (Å²) >= 11 is 0. The number of carbonyl (C=O) groups excluding carboxylic acids is 1. The summed E-state index contributed by atoms with van der Waals surface area (Å²) in [6.07, 6.45) is 7.60. The molecule has 9 heteroatoms. The fourth-order valence-corrected chi connectivity index (χ4v) is 3.82. The van der Waals surface area contributed by atoms with E-state index in [1.165, 1.54) is 22.7 Å².